The lowest BCUT2D eigenvalue weighted by atomic mass is 9.71. The normalized spacial score (nSPS) is 19.2. The van der Waals surface area contributed by atoms with Crippen molar-refractivity contribution in [2.24, 2.45) is 0 Å². The van der Waals surface area contributed by atoms with Crippen LogP contribution in [0.25, 0.3) is 0 Å². The van der Waals surface area contributed by atoms with Gasteiger partial charge in [-0.15, -0.1) is 0 Å². The van der Waals surface area contributed by atoms with E-state index in [-0.39, 0.29) is 23.6 Å². The molecule has 2 atom stereocenters. The molecule has 1 N–H and O–H groups in total. The lowest BCUT2D eigenvalue weighted by molar-refractivity contribution is -0.143. The molecule has 0 bridgehead atoms. The van der Waals surface area contributed by atoms with Crippen LogP contribution in [-0.4, -0.2) is 30.4 Å². The van der Waals surface area contributed by atoms with Crippen LogP contribution in [-0.2, 0) is 19.1 Å². The van der Waals surface area contributed by atoms with Crippen molar-refractivity contribution in [2.75, 3.05) is 6.61 Å². The minimum atomic E-state index is -0.665. The van der Waals surface area contributed by atoms with Crippen molar-refractivity contribution in [3.63, 3.8) is 0 Å². The van der Waals surface area contributed by atoms with Crippen molar-refractivity contribution in [1.29, 1.82) is 0 Å². The van der Waals surface area contributed by atoms with Crippen LogP contribution in [0.4, 0.5) is 0 Å². The molecule has 8 heteroatoms. The Morgan fingerprint density at radius 1 is 1.05 bits per heavy atom. The van der Waals surface area contributed by atoms with Crippen LogP contribution in [0.3, 0.4) is 0 Å². The molecular weight excluding hydrogens is 506 g/mol. The van der Waals surface area contributed by atoms with E-state index in [1.165, 1.54) is 6.92 Å². The van der Waals surface area contributed by atoms with Gasteiger partial charge in [0.1, 0.15) is 0 Å². The van der Waals surface area contributed by atoms with Gasteiger partial charge in [0.25, 0.3) is 0 Å². The van der Waals surface area contributed by atoms with Crippen molar-refractivity contribution in [3.8, 4) is 11.5 Å². The number of carbonyl (C=O) groups is 3. The maximum atomic E-state index is 13.8. The zero-order valence-corrected chi connectivity index (χ0v) is 23.0. The number of Topliss-reactive ketones (excluding diaryl/α,β-unsaturated/α-hetero) is 1. The highest BCUT2D eigenvalue weighted by molar-refractivity contribution is 6.30. The number of ketones is 1. The van der Waals surface area contributed by atoms with Gasteiger partial charge in [-0.3, -0.25) is 9.59 Å². The Labute approximate surface area is 227 Å². The molecule has 0 radical (unpaired) electrons. The summed E-state index contributed by atoms with van der Waals surface area (Å²) in [5, 5.41) is 3.99. The van der Waals surface area contributed by atoms with Crippen LogP contribution in [0.15, 0.2) is 65.0 Å². The van der Waals surface area contributed by atoms with E-state index in [4.69, 9.17) is 25.8 Å². The van der Waals surface area contributed by atoms with Crippen LogP contribution < -0.4 is 14.8 Å². The van der Waals surface area contributed by atoms with Crippen molar-refractivity contribution >= 4 is 29.3 Å². The average Bonchev–Trinajstić information content (AvgIpc) is 2.84. The molecule has 0 saturated heterocycles. The van der Waals surface area contributed by atoms with E-state index in [0.29, 0.717) is 52.6 Å². The number of halogens is 1. The van der Waals surface area contributed by atoms with Crippen molar-refractivity contribution in [3.05, 3.63) is 81.2 Å². The SMILES string of the molecule is CCOc1cc([C@@H]2C(C(=O)OC(C)C)=C(C)NC3=C2C(=O)C[C@@H](c2ccc(Cl)cc2)C3)ccc1OC(C)=O. The molecule has 0 amide bonds. The fourth-order valence-corrected chi connectivity index (χ4v) is 5.23. The van der Waals surface area contributed by atoms with Crippen molar-refractivity contribution < 1.29 is 28.6 Å². The summed E-state index contributed by atoms with van der Waals surface area (Å²) in [7, 11) is 0. The minimum absolute atomic E-state index is 0.0195. The Bertz CT molecular complexity index is 1320. The molecule has 0 saturated carbocycles. The third-order valence-corrected chi connectivity index (χ3v) is 6.84. The van der Waals surface area contributed by atoms with Gasteiger partial charge in [0.15, 0.2) is 17.3 Å². The highest BCUT2D eigenvalue weighted by Crippen LogP contribution is 2.47. The first-order chi connectivity index (χ1) is 18.1. The highest BCUT2D eigenvalue weighted by Gasteiger charge is 2.42. The molecule has 1 heterocycles. The Hall–Kier alpha value is -3.58. The van der Waals surface area contributed by atoms with E-state index in [9.17, 15) is 14.4 Å². The largest absolute Gasteiger partial charge is 0.490 e. The number of rotatable bonds is 7. The lowest BCUT2D eigenvalue weighted by Crippen LogP contribution is -2.36. The van der Waals surface area contributed by atoms with Gasteiger partial charge in [-0.1, -0.05) is 29.8 Å². The molecule has 0 spiro atoms. The summed E-state index contributed by atoms with van der Waals surface area (Å²) in [4.78, 5) is 38.8. The van der Waals surface area contributed by atoms with Gasteiger partial charge >= 0.3 is 11.9 Å². The zero-order chi connectivity index (χ0) is 27.6. The fraction of sp³-hybridized carbons (Fsp3) is 0.367. The average molecular weight is 538 g/mol. The van der Waals surface area contributed by atoms with Gasteiger partial charge in [-0.25, -0.2) is 4.79 Å². The molecule has 2 aliphatic rings. The van der Waals surface area contributed by atoms with Crippen LogP contribution in [0.2, 0.25) is 5.02 Å². The van der Waals surface area contributed by atoms with E-state index in [1.54, 1.807) is 32.0 Å². The first kappa shape index (κ1) is 27.5. The predicted octanol–water partition coefficient (Wildman–Crippen LogP) is 5.98. The second-order valence-electron chi connectivity index (χ2n) is 9.76. The quantitative estimate of drug-likeness (QED) is 0.343. The number of ether oxygens (including phenoxy) is 3. The van der Waals surface area contributed by atoms with Crippen molar-refractivity contribution in [2.45, 2.75) is 65.4 Å². The highest BCUT2D eigenvalue weighted by atomic mass is 35.5. The van der Waals surface area contributed by atoms with Gasteiger partial charge in [-0.05, 0) is 75.4 Å². The van der Waals surface area contributed by atoms with Gasteiger partial charge in [-0.2, -0.15) is 0 Å². The van der Waals surface area contributed by atoms with E-state index >= 15 is 0 Å². The molecule has 2 aromatic rings. The Kier molecular flexibility index (Phi) is 8.26. The first-order valence-corrected chi connectivity index (χ1v) is 13.1. The second-order valence-corrected chi connectivity index (χ2v) is 10.2. The number of carbonyl (C=O) groups excluding carboxylic acids is 3. The van der Waals surface area contributed by atoms with E-state index in [2.05, 4.69) is 5.32 Å². The van der Waals surface area contributed by atoms with Crippen LogP contribution in [0.5, 0.6) is 11.5 Å². The topological polar surface area (TPSA) is 90.9 Å². The maximum absolute atomic E-state index is 13.8. The van der Waals surface area contributed by atoms with Gasteiger partial charge in [0.2, 0.25) is 0 Å². The van der Waals surface area contributed by atoms with Gasteiger partial charge in [0.05, 0.1) is 18.3 Å². The van der Waals surface area contributed by atoms with Crippen LogP contribution in [0, 0.1) is 0 Å². The molecule has 1 aliphatic heterocycles. The minimum Gasteiger partial charge on any atom is -0.490 e. The van der Waals surface area contributed by atoms with Crippen LogP contribution >= 0.6 is 11.6 Å². The number of esters is 2. The number of dihydropyridines is 1. The Balaban J connectivity index is 1.83. The summed E-state index contributed by atoms with van der Waals surface area (Å²) in [6.45, 7) is 8.88. The van der Waals surface area contributed by atoms with Gasteiger partial charge < -0.3 is 19.5 Å². The molecule has 1 aliphatic carbocycles. The van der Waals surface area contributed by atoms with E-state index < -0.39 is 17.9 Å². The molecule has 7 nitrogen and oxygen atoms in total. The number of nitrogens with one attached hydrogen (secondary N) is 1. The monoisotopic (exact) mass is 537 g/mol. The third kappa shape index (κ3) is 5.78. The molecule has 4 rings (SSSR count). The summed E-state index contributed by atoms with van der Waals surface area (Å²) in [5.74, 6) is -1.06. The molecule has 0 fully saturated rings. The van der Waals surface area contributed by atoms with Crippen molar-refractivity contribution in [1.82, 2.24) is 5.32 Å². The first-order valence-electron chi connectivity index (χ1n) is 12.7. The number of benzene rings is 2. The van der Waals surface area contributed by atoms with E-state index in [0.717, 1.165) is 11.3 Å². The number of allylic oxidation sites excluding steroid dienone is 3. The second kappa shape index (κ2) is 11.4. The molecule has 200 valence electrons. The summed E-state index contributed by atoms with van der Waals surface area (Å²) in [6.07, 6.45) is 0.571. The molecule has 0 aromatic heterocycles. The number of hydrogen-bond donors (Lipinski definition) is 1. The lowest BCUT2D eigenvalue weighted by Gasteiger charge is -2.37. The summed E-state index contributed by atoms with van der Waals surface area (Å²) in [5.41, 5.74) is 4.03. The standard InChI is InChI=1S/C30H32ClNO6/c1-6-36-26-15-20(9-12-25(26)38-18(5)33)28-27(30(35)37-16(2)3)17(4)32-23-13-21(14-24(34)29(23)28)19-7-10-22(31)11-8-19/h7-12,15-16,21,28,32H,6,13-14H2,1-5H3/t21-,28+/m0/s1. The van der Waals surface area contributed by atoms with Crippen LogP contribution in [0.1, 0.15) is 70.4 Å². The Morgan fingerprint density at radius 3 is 2.37 bits per heavy atom. The molecule has 0 unspecified atom stereocenters. The fourth-order valence-electron chi connectivity index (χ4n) is 5.10. The van der Waals surface area contributed by atoms with E-state index in [1.807, 2.05) is 38.1 Å². The number of hydrogen-bond acceptors (Lipinski definition) is 7. The third-order valence-electron chi connectivity index (χ3n) is 6.59. The Morgan fingerprint density at radius 2 is 1.74 bits per heavy atom. The maximum Gasteiger partial charge on any atom is 0.337 e. The van der Waals surface area contributed by atoms with Gasteiger partial charge in [0, 0.05) is 41.3 Å². The summed E-state index contributed by atoms with van der Waals surface area (Å²) < 4.78 is 16.7. The zero-order valence-electron chi connectivity index (χ0n) is 22.2. The predicted molar refractivity (Wildman–Crippen MR) is 144 cm³/mol. The smallest absolute Gasteiger partial charge is 0.337 e. The molecule has 38 heavy (non-hydrogen) atoms. The summed E-state index contributed by atoms with van der Waals surface area (Å²) >= 11 is 6.08. The molecular formula is C30H32ClNO6. The molecule has 2 aromatic carbocycles. The summed E-state index contributed by atoms with van der Waals surface area (Å²) in [6, 6.07) is 12.7.